The van der Waals surface area contributed by atoms with Gasteiger partial charge in [-0.15, -0.1) is 0 Å². The third-order valence-electron chi connectivity index (χ3n) is 5.04. The number of hydrogen-bond donors (Lipinski definition) is 1. The van der Waals surface area contributed by atoms with Crippen LogP contribution in [0.4, 0.5) is 4.39 Å². The number of carbonyl (C=O) groups excluding carboxylic acids is 1. The smallest absolute Gasteiger partial charge is 0.241 e. The molecule has 0 saturated carbocycles. The van der Waals surface area contributed by atoms with Crippen LogP contribution in [0.3, 0.4) is 0 Å². The number of carbonyl (C=O) groups is 1. The zero-order chi connectivity index (χ0) is 20.4. The second-order valence-corrected chi connectivity index (χ2v) is 7.09. The second-order valence-electron chi connectivity index (χ2n) is 7.09. The number of nitrogens with zero attached hydrogens (tertiary/aromatic N) is 3. The summed E-state index contributed by atoms with van der Waals surface area (Å²) in [6.45, 7) is 4.79. The fraction of sp³-hybridized carbons (Fsp3) is 0.261. The predicted octanol–water partition coefficient (Wildman–Crippen LogP) is 4.48. The third kappa shape index (κ3) is 3.70. The van der Waals surface area contributed by atoms with Gasteiger partial charge in [-0.1, -0.05) is 38.1 Å². The zero-order valence-corrected chi connectivity index (χ0v) is 16.6. The quantitative estimate of drug-likeness (QED) is 0.528. The predicted molar refractivity (Wildman–Crippen MR) is 113 cm³/mol. The summed E-state index contributed by atoms with van der Waals surface area (Å²) in [5.41, 5.74) is 4.31. The Morgan fingerprint density at radius 1 is 1.10 bits per heavy atom. The number of aryl methyl sites for hydroxylation is 1. The van der Waals surface area contributed by atoms with Crippen molar-refractivity contribution in [2.45, 2.75) is 33.2 Å². The van der Waals surface area contributed by atoms with Gasteiger partial charge >= 0.3 is 0 Å². The molecule has 2 aromatic heterocycles. The molecule has 1 N–H and O–H groups in total. The van der Waals surface area contributed by atoms with Gasteiger partial charge in [0.05, 0.1) is 11.0 Å². The van der Waals surface area contributed by atoms with Gasteiger partial charge in [0.15, 0.2) is 0 Å². The third-order valence-corrected chi connectivity index (χ3v) is 5.04. The molecule has 0 saturated heterocycles. The molecule has 0 aliphatic rings. The van der Waals surface area contributed by atoms with E-state index in [9.17, 15) is 9.18 Å². The van der Waals surface area contributed by atoms with Gasteiger partial charge in [0.25, 0.3) is 0 Å². The van der Waals surface area contributed by atoms with E-state index in [1.165, 1.54) is 17.7 Å². The number of aromatic nitrogens is 3. The largest absolute Gasteiger partial charge is 0.355 e. The van der Waals surface area contributed by atoms with E-state index in [1.54, 1.807) is 16.9 Å². The Bertz CT molecular complexity index is 1180. The fourth-order valence-corrected chi connectivity index (χ4v) is 3.51. The van der Waals surface area contributed by atoms with Gasteiger partial charge in [0.1, 0.15) is 18.1 Å². The molecule has 4 aromatic rings. The molecule has 0 fully saturated rings. The van der Waals surface area contributed by atoms with E-state index in [0.29, 0.717) is 17.4 Å². The van der Waals surface area contributed by atoms with Crippen molar-refractivity contribution in [2.24, 2.45) is 0 Å². The van der Waals surface area contributed by atoms with Gasteiger partial charge in [-0.25, -0.2) is 4.39 Å². The van der Waals surface area contributed by atoms with Crippen LogP contribution in [0.1, 0.15) is 25.8 Å². The van der Waals surface area contributed by atoms with Crippen LogP contribution in [0.2, 0.25) is 0 Å². The number of benzene rings is 2. The van der Waals surface area contributed by atoms with Crippen LogP contribution in [0.5, 0.6) is 0 Å². The number of amides is 1. The molecule has 4 rings (SSSR count). The molecule has 0 aliphatic carbocycles. The van der Waals surface area contributed by atoms with Crippen LogP contribution in [-0.4, -0.2) is 27.2 Å². The monoisotopic (exact) mass is 390 g/mol. The maximum Gasteiger partial charge on any atom is 0.241 e. The summed E-state index contributed by atoms with van der Waals surface area (Å²) in [7, 11) is 0. The van der Waals surface area contributed by atoms with Crippen molar-refractivity contribution in [1.29, 1.82) is 0 Å². The first-order chi connectivity index (χ1) is 14.1. The number of nitrogens with one attached hydrogen (secondary N) is 1. The molecule has 0 unspecified atom stereocenters. The van der Waals surface area contributed by atoms with Crippen molar-refractivity contribution >= 4 is 27.7 Å². The number of hydrogen-bond acceptors (Lipinski definition) is 3. The normalized spacial score (nSPS) is 11.3. The van der Waals surface area contributed by atoms with Gasteiger partial charge in [-0.3, -0.25) is 14.5 Å². The lowest BCUT2D eigenvalue weighted by molar-refractivity contribution is -0.121. The highest BCUT2D eigenvalue weighted by molar-refractivity contribution is 6.08. The highest BCUT2D eigenvalue weighted by Gasteiger charge is 2.18. The average molecular weight is 390 g/mol. The molecule has 6 heteroatoms. The van der Waals surface area contributed by atoms with Gasteiger partial charge in [0, 0.05) is 29.1 Å². The number of rotatable bonds is 6. The molecule has 0 spiro atoms. The van der Waals surface area contributed by atoms with E-state index in [-0.39, 0.29) is 18.3 Å². The Kier molecular flexibility index (Phi) is 5.25. The SMILES string of the molecule is CCCNC(=O)Cn1nc(-c2ccc(CC)cc2)c2cnc3ccc(F)cc3c21. The van der Waals surface area contributed by atoms with Crippen molar-refractivity contribution in [3.05, 3.63) is 60.0 Å². The van der Waals surface area contributed by atoms with Crippen molar-refractivity contribution < 1.29 is 9.18 Å². The first-order valence-corrected chi connectivity index (χ1v) is 9.91. The average Bonchev–Trinajstić information content (AvgIpc) is 3.11. The van der Waals surface area contributed by atoms with Crippen LogP contribution >= 0.6 is 0 Å². The maximum absolute atomic E-state index is 14.0. The fourth-order valence-electron chi connectivity index (χ4n) is 3.51. The van der Waals surface area contributed by atoms with Crippen LogP contribution < -0.4 is 5.32 Å². The highest BCUT2D eigenvalue weighted by atomic mass is 19.1. The molecule has 0 aliphatic heterocycles. The van der Waals surface area contributed by atoms with Gasteiger partial charge in [-0.05, 0) is 36.6 Å². The minimum Gasteiger partial charge on any atom is -0.355 e. The summed E-state index contributed by atoms with van der Waals surface area (Å²) in [6, 6.07) is 12.7. The molecule has 29 heavy (non-hydrogen) atoms. The minimum absolute atomic E-state index is 0.0686. The highest BCUT2D eigenvalue weighted by Crippen LogP contribution is 2.32. The summed E-state index contributed by atoms with van der Waals surface area (Å²) in [4.78, 5) is 16.9. The van der Waals surface area contributed by atoms with Crippen molar-refractivity contribution in [3.8, 4) is 11.3 Å². The van der Waals surface area contributed by atoms with E-state index in [0.717, 1.165) is 35.0 Å². The number of fused-ring (bicyclic) bond motifs is 3. The van der Waals surface area contributed by atoms with Gasteiger partial charge < -0.3 is 5.32 Å². The summed E-state index contributed by atoms with van der Waals surface area (Å²) >= 11 is 0. The number of halogens is 1. The standard InChI is InChI=1S/C23H23FN4O/c1-3-11-25-21(29)14-28-23-18-12-17(24)9-10-20(18)26-13-19(23)22(27-28)16-7-5-15(4-2)6-8-16/h5-10,12-13H,3-4,11,14H2,1-2H3,(H,25,29). The maximum atomic E-state index is 14.0. The van der Waals surface area contributed by atoms with Gasteiger partial charge in [0.2, 0.25) is 5.91 Å². The first kappa shape index (κ1) is 19.1. The summed E-state index contributed by atoms with van der Waals surface area (Å²) < 4.78 is 15.7. The first-order valence-electron chi connectivity index (χ1n) is 9.91. The van der Waals surface area contributed by atoms with Gasteiger partial charge in [-0.2, -0.15) is 5.10 Å². The zero-order valence-electron chi connectivity index (χ0n) is 16.6. The van der Waals surface area contributed by atoms with E-state index < -0.39 is 0 Å². The Morgan fingerprint density at radius 2 is 1.90 bits per heavy atom. The Balaban J connectivity index is 1.91. The second kappa shape index (κ2) is 7.99. The molecular formula is C23H23FN4O. The number of pyridine rings is 1. The van der Waals surface area contributed by atoms with Crippen LogP contribution in [0.25, 0.3) is 33.1 Å². The Hall–Kier alpha value is -3.28. The molecule has 0 bridgehead atoms. The molecule has 1 amide bonds. The Morgan fingerprint density at radius 3 is 2.62 bits per heavy atom. The van der Waals surface area contributed by atoms with E-state index in [2.05, 4.69) is 29.4 Å². The lowest BCUT2D eigenvalue weighted by Crippen LogP contribution is -2.28. The van der Waals surface area contributed by atoms with Crippen molar-refractivity contribution in [2.75, 3.05) is 6.54 Å². The minimum atomic E-state index is -0.344. The summed E-state index contributed by atoms with van der Waals surface area (Å²) in [6.07, 6.45) is 3.57. The topological polar surface area (TPSA) is 59.8 Å². The molecule has 148 valence electrons. The molecule has 0 atom stereocenters. The van der Waals surface area contributed by atoms with E-state index in [4.69, 9.17) is 5.10 Å². The summed E-state index contributed by atoms with van der Waals surface area (Å²) in [5.74, 6) is -0.464. The molecule has 2 heterocycles. The van der Waals surface area contributed by atoms with E-state index in [1.807, 2.05) is 19.1 Å². The van der Waals surface area contributed by atoms with Crippen molar-refractivity contribution in [1.82, 2.24) is 20.1 Å². The lowest BCUT2D eigenvalue weighted by Gasteiger charge is -2.06. The molecule has 0 radical (unpaired) electrons. The molecule has 2 aromatic carbocycles. The molecular weight excluding hydrogens is 367 g/mol. The van der Waals surface area contributed by atoms with Crippen LogP contribution in [0, 0.1) is 5.82 Å². The summed E-state index contributed by atoms with van der Waals surface area (Å²) in [5, 5.41) is 9.07. The lowest BCUT2D eigenvalue weighted by atomic mass is 10.0. The molecule has 5 nitrogen and oxygen atoms in total. The van der Waals surface area contributed by atoms with Crippen LogP contribution in [0.15, 0.2) is 48.7 Å². The van der Waals surface area contributed by atoms with E-state index >= 15 is 0 Å². The Labute approximate surface area is 168 Å². The van der Waals surface area contributed by atoms with Crippen molar-refractivity contribution in [3.63, 3.8) is 0 Å². The van der Waals surface area contributed by atoms with Crippen LogP contribution in [-0.2, 0) is 17.8 Å².